The Morgan fingerprint density at radius 2 is 1.07 bits per heavy atom. The second kappa shape index (κ2) is 8.85. The number of phenols is 4. The predicted molar refractivity (Wildman–Crippen MR) is 177 cm³/mol. The summed E-state index contributed by atoms with van der Waals surface area (Å²) in [5.41, 5.74) is 8.04. The second-order valence-corrected chi connectivity index (χ2v) is 11.2. The molecule has 0 saturated heterocycles. The minimum Gasteiger partial charge on any atom is -0.504 e. The SMILES string of the molecule is Oc1c(O)c2ccc1cc2-c1c2ccccc2c(-c2ccccc2)c2ccc(-c3cccc4c3oc3ccccc34)cc12. The minimum absolute atomic E-state index is 0.0759. The molecular weight excluding hydrogens is 528 g/mol. The smallest absolute Gasteiger partial charge is 0.166 e. The van der Waals surface area contributed by atoms with Gasteiger partial charge in [0.05, 0.1) is 0 Å². The molecule has 9 aromatic carbocycles. The minimum atomic E-state index is -0.0810. The highest BCUT2D eigenvalue weighted by molar-refractivity contribution is 6.24. The molecule has 2 N–H and O–H groups in total. The summed E-state index contributed by atoms with van der Waals surface area (Å²) in [7, 11) is 0. The van der Waals surface area contributed by atoms with E-state index in [1.54, 1.807) is 0 Å². The zero-order chi connectivity index (χ0) is 28.7. The number of para-hydroxylation sites is 2. The molecule has 43 heavy (non-hydrogen) atoms. The van der Waals surface area contributed by atoms with E-state index >= 15 is 0 Å². The van der Waals surface area contributed by atoms with Crippen molar-refractivity contribution in [1.82, 2.24) is 0 Å². The van der Waals surface area contributed by atoms with Gasteiger partial charge in [-0.3, -0.25) is 0 Å². The lowest BCUT2D eigenvalue weighted by Crippen LogP contribution is -1.93. The first-order valence-electron chi connectivity index (χ1n) is 14.4. The van der Waals surface area contributed by atoms with Crippen molar-refractivity contribution in [2.24, 2.45) is 0 Å². The lowest BCUT2D eigenvalue weighted by molar-refractivity contribution is 0.411. The van der Waals surface area contributed by atoms with Crippen molar-refractivity contribution in [3.05, 3.63) is 133 Å². The first kappa shape index (κ1) is 23.9. The molecule has 0 aliphatic rings. The summed E-state index contributed by atoms with van der Waals surface area (Å²) in [5, 5.41) is 29.4. The van der Waals surface area contributed by atoms with E-state index in [0.717, 1.165) is 71.3 Å². The fraction of sp³-hybridized carbons (Fsp3) is 0. The van der Waals surface area contributed by atoms with Crippen molar-refractivity contribution in [2.75, 3.05) is 0 Å². The average Bonchev–Trinajstić information content (AvgIpc) is 3.45. The van der Waals surface area contributed by atoms with Crippen molar-refractivity contribution in [3.63, 3.8) is 0 Å². The molecule has 10 rings (SSSR count). The summed E-state index contributed by atoms with van der Waals surface area (Å²) in [5.74, 6) is -0.157. The first-order chi connectivity index (χ1) is 21.2. The zero-order valence-corrected chi connectivity index (χ0v) is 23.0. The third-order valence-corrected chi connectivity index (χ3v) is 8.84. The number of furan rings is 1. The van der Waals surface area contributed by atoms with Gasteiger partial charge in [0.1, 0.15) is 11.2 Å². The maximum absolute atomic E-state index is 11.0. The third-order valence-electron chi connectivity index (χ3n) is 8.84. The fourth-order valence-electron chi connectivity index (χ4n) is 6.90. The Morgan fingerprint density at radius 3 is 1.88 bits per heavy atom. The van der Waals surface area contributed by atoms with Crippen LogP contribution in [0.5, 0.6) is 11.5 Å². The maximum atomic E-state index is 11.0. The lowest BCUT2D eigenvalue weighted by atomic mass is 9.83. The molecule has 0 fully saturated rings. The molecule has 0 spiro atoms. The van der Waals surface area contributed by atoms with Crippen molar-refractivity contribution >= 4 is 54.3 Å². The number of aromatic hydroxyl groups is 2. The van der Waals surface area contributed by atoms with Crippen LogP contribution in [0.1, 0.15) is 0 Å². The number of hydrogen-bond acceptors (Lipinski definition) is 3. The summed E-state index contributed by atoms with van der Waals surface area (Å²) >= 11 is 0. The van der Waals surface area contributed by atoms with Gasteiger partial charge in [-0.1, -0.05) is 109 Å². The largest absolute Gasteiger partial charge is 0.504 e. The van der Waals surface area contributed by atoms with Crippen LogP contribution in [0, 0.1) is 0 Å². The average molecular weight is 553 g/mol. The van der Waals surface area contributed by atoms with Gasteiger partial charge < -0.3 is 14.6 Å². The van der Waals surface area contributed by atoms with Gasteiger partial charge in [0.25, 0.3) is 0 Å². The lowest BCUT2D eigenvalue weighted by Gasteiger charge is -2.20. The van der Waals surface area contributed by atoms with Crippen LogP contribution in [0.2, 0.25) is 0 Å². The Labute approximate surface area is 246 Å². The van der Waals surface area contributed by atoms with Gasteiger partial charge in [-0.2, -0.15) is 0 Å². The fourth-order valence-corrected chi connectivity index (χ4v) is 6.90. The maximum Gasteiger partial charge on any atom is 0.166 e. The van der Waals surface area contributed by atoms with Gasteiger partial charge >= 0.3 is 0 Å². The van der Waals surface area contributed by atoms with Crippen molar-refractivity contribution in [1.29, 1.82) is 0 Å². The summed E-state index contributed by atoms with van der Waals surface area (Å²) in [4.78, 5) is 0. The molecule has 2 bridgehead atoms. The molecule has 3 nitrogen and oxygen atoms in total. The normalized spacial score (nSPS) is 11.9. The van der Waals surface area contributed by atoms with Crippen LogP contribution in [0.15, 0.2) is 138 Å². The Kier molecular flexibility index (Phi) is 4.91. The predicted octanol–water partition coefficient (Wildman–Crippen LogP) is 10.9. The number of benzene rings is 9. The van der Waals surface area contributed by atoms with Crippen LogP contribution in [-0.2, 0) is 0 Å². The molecular formula is C40H24O3. The zero-order valence-electron chi connectivity index (χ0n) is 23.0. The number of rotatable bonds is 3. The molecule has 0 aliphatic heterocycles. The van der Waals surface area contributed by atoms with Gasteiger partial charge in [-0.05, 0) is 73.6 Å². The Balaban J connectivity index is 1.44. The van der Waals surface area contributed by atoms with Crippen molar-refractivity contribution in [2.45, 2.75) is 0 Å². The van der Waals surface area contributed by atoms with E-state index in [0.29, 0.717) is 10.8 Å². The molecule has 0 atom stereocenters. The van der Waals surface area contributed by atoms with E-state index in [2.05, 4.69) is 91.0 Å². The van der Waals surface area contributed by atoms with Gasteiger partial charge in [0.15, 0.2) is 11.5 Å². The molecule has 0 unspecified atom stereocenters. The molecule has 0 aliphatic carbocycles. The van der Waals surface area contributed by atoms with E-state index < -0.39 is 0 Å². The monoisotopic (exact) mass is 552 g/mol. The van der Waals surface area contributed by atoms with Gasteiger partial charge in [0, 0.05) is 27.1 Å². The highest BCUT2D eigenvalue weighted by Gasteiger charge is 2.22. The Bertz CT molecular complexity index is 2520. The summed E-state index contributed by atoms with van der Waals surface area (Å²) in [6.07, 6.45) is 0. The molecule has 3 heteroatoms. The molecule has 1 aromatic heterocycles. The second-order valence-electron chi connectivity index (χ2n) is 11.2. The van der Waals surface area contributed by atoms with Crippen molar-refractivity contribution < 1.29 is 14.6 Å². The summed E-state index contributed by atoms with van der Waals surface area (Å²) in [6, 6.07) is 45.8. The topological polar surface area (TPSA) is 53.6 Å². The van der Waals surface area contributed by atoms with Gasteiger partial charge in [0.2, 0.25) is 0 Å². The van der Waals surface area contributed by atoms with Crippen LogP contribution in [0.3, 0.4) is 0 Å². The Morgan fingerprint density at radius 1 is 0.395 bits per heavy atom. The van der Waals surface area contributed by atoms with E-state index in [4.69, 9.17) is 4.42 Å². The van der Waals surface area contributed by atoms with Crippen LogP contribution in [-0.4, -0.2) is 10.2 Å². The Hall–Kier alpha value is -5.80. The highest BCUT2D eigenvalue weighted by Crippen LogP contribution is 2.50. The molecule has 0 amide bonds. The molecule has 10 aromatic rings. The highest BCUT2D eigenvalue weighted by atomic mass is 16.3. The summed E-state index contributed by atoms with van der Waals surface area (Å²) < 4.78 is 6.43. The van der Waals surface area contributed by atoms with E-state index in [1.165, 1.54) is 5.56 Å². The van der Waals surface area contributed by atoms with Crippen LogP contribution < -0.4 is 0 Å². The van der Waals surface area contributed by atoms with E-state index in [9.17, 15) is 10.2 Å². The van der Waals surface area contributed by atoms with Crippen LogP contribution in [0.25, 0.3) is 87.6 Å². The van der Waals surface area contributed by atoms with Crippen LogP contribution in [0.4, 0.5) is 0 Å². The first-order valence-corrected chi connectivity index (χ1v) is 14.4. The number of hydrogen-bond donors (Lipinski definition) is 2. The standard InChI is InChI=1S/C40H24O3/c41-38-25-18-20-31(39(38)42)34(22-25)37-29-13-5-4-12-28(29)36(23-9-2-1-3-10-23)30-19-17-24(21-33(30)37)26-14-8-15-32-27-11-6-7-16-35(27)43-40(26)32/h1-22,41-42H. The molecule has 0 radical (unpaired) electrons. The van der Waals surface area contributed by atoms with Crippen LogP contribution >= 0.6 is 0 Å². The molecule has 202 valence electrons. The number of phenolic OH excluding ortho intramolecular Hbond substituents is 2. The molecule has 0 saturated carbocycles. The van der Waals surface area contributed by atoms with Gasteiger partial charge in [-0.15, -0.1) is 0 Å². The summed E-state index contributed by atoms with van der Waals surface area (Å²) in [6.45, 7) is 0. The quantitative estimate of drug-likeness (QED) is 0.169. The van der Waals surface area contributed by atoms with Crippen molar-refractivity contribution in [3.8, 4) is 44.9 Å². The van der Waals surface area contributed by atoms with E-state index in [1.807, 2.05) is 42.5 Å². The van der Waals surface area contributed by atoms with E-state index in [-0.39, 0.29) is 11.5 Å². The third kappa shape index (κ3) is 3.36. The number of fused-ring (bicyclic) bond motifs is 8. The van der Waals surface area contributed by atoms with Gasteiger partial charge in [-0.25, -0.2) is 0 Å². The molecule has 1 heterocycles.